The van der Waals surface area contributed by atoms with Gasteiger partial charge < -0.3 is 4.74 Å². The van der Waals surface area contributed by atoms with Crippen molar-refractivity contribution in [3.8, 4) is 16.8 Å². The van der Waals surface area contributed by atoms with E-state index in [9.17, 15) is 9.59 Å². The molecule has 0 saturated heterocycles. The van der Waals surface area contributed by atoms with Crippen molar-refractivity contribution in [2.24, 2.45) is 0 Å². The molecule has 1 aromatic rings. The Morgan fingerprint density at radius 2 is 1.87 bits per heavy atom. The number of carbonyl (C=O) groups excluding carboxylic acids is 2. The Morgan fingerprint density at radius 3 is 2.61 bits per heavy atom. The molecule has 1 aliphatic carbocycles. The van der Waals surface area contributed by atoms with E-state index in [1.165, 1.54) is 7.11 Å². The van der Waals surface area contributed by atoms with Crippen molar-refractivity contribution in [2.45, 2.75) is 0 Å². The molecule has 0 radical (unpaired) electrons. The Kier molecular flexibility index (Phi) is 4.53. The first-order valence-corrected chi connectivity index (χ1v) is 9.84. The molecule has 10 heteroatoms. The van der Waals surface area contributed by atoms with E-state index in [1.807, 2.05) is 24.3 Å². The number of Topliss-reactive ketones (excluding diaryl/α,β-unsaturated/α-hetero) is 1. The minimum absolute atomic E-state index is 0.0494. The zero-order valence-electron chi connectivity index (χ0n) is 15.9. The van der Waals surface area contributed by atoms with E-state index < -0.39 is 11.9 Å². The summed E-state index contributed by atoms with van der Waals surface area (Å²) in [5.74, 6) is -0.192. The third kappa shape index (κ3) is 3.17. The summed E-state index contributed by atoms with van der Waals surface area (Å²) in [6, 6.07) is 7.61. The summed E-state index contributed by atoms with van der Waals surface area (Å²) in [4.78, 5) is 32.3. The van der Waals surface area contributed by atoms with Crippen molar-refractivity contribution in [3.05, 3.63) is 64.1 Å². The number of H-pyrrole nitrogens is 1. The van der Waals surface area contributed by atoms with Gasteiger partial charge in [-0.3, -0.25) is 24.9 Å². The predicted octanol–water partition coefficient (Wildman–Crippen LogP) is 3.73. The molecular formula is C21H13Cl2N5O3. The van der Waals surface area contributed by atoms with Crippen LogP contribution in [0.4, 0.5) is 10.7 Å². The Labute approximate surface area is 185 Å². The highest BCUT2D eigenvalue weighted by Crippen LogP contribution is 2.33. The molecule has 2 N–H and O–H groups in total. The summed E-state index contributed by atoms with van der Waals surface area (Å²) in [6.07, 6.45) is 5.93. The molecule has 1 amide bonds. The van der Waals surface area contributed by atoms with Gasteiger partial charge in [-0.2, -0.15) is 0 Å². The SMILES string of the molecule is COC(=O)Nc1ncc2ccc3cnc4c-3c(ccc4=C3C=C(Cl)C(=O)C(Cl)=C3)n-2[nH]1. The Hall–Kier alpha value is -3.62. The molecule has 4 aliphatic rings. The summed E-state index contributed by atoms with van der Waals surface area (Å²) >= 11 is 12.1. The number of ketones is 1. The van der Waals surface area contributed by atoms with Gasteiger partial charge in [0, 0.05) is 22.5 Å². The highest BCUT2D eigenvalue weighted by atomic mass is 35.5. The normalized spacial score (nSPS) is 14.2. The van der Waals surface area contributed by atoms with Crippen LogP contribution in [0.3, 0.4) is 0 Å². The van der Waals surface area contributed by atoms with E-state index >= 15 is 0 Å². The Bertz CT molecular complexity index is 1440. The molecule has 1 aromatic carbocycles. The fourth-order valence-corrected chi connectivity index (χ4v) is 4.03. The third-order valence-corrected chi connectivity index (χ3v) is 5.53. The second-order valence-electron chi connectivity index (χ2n) is 6.77. The first kappa shape index (κ1) is 19.3. The van der Waals surface area contributed by atoms with Gasteiger partial charge in [-0.25, -0.2) is 9.78 Å². The summed E-state index contributed by atoms with van der Waals surface area (Å²) in [5, 5.41) is 6.48. The number of nitrogens with zero attached hydrogens (tertiary/aromatic N) is 3. The number of aromatic nitrogens is 4. The molecule has 0 fully saturated rings. The number of hydrogen-bond donors (Lipinski definition) is 2. The number of methoxy groups -OCH3 is 1. The predicted molar refractivity (Wildman–Crippen MR) is 117 cm³/mol. The molecule has 0 bridgehead atoms. The summed E-state index contributed by atoms with van der Waals surface area (Å²) in [7, 11) is 1.27. The molecule has 0 unspecified atom stereocenters. The fourth-order valence-electron chi connectivity index (χ4n) is 3.55. The van der Waals surface area contributed by atoms with Crippen LogP contribution in [0.25, 0.3) is 33.4 Å². The topological polar surface area (TPSA) is 102 Å². The number of amides is 1. The van der Waals surface area contributed by atoms with Crippen molar-refractivity contribution in [2.75, 3.05) is 12.4 Å². The fraction of sp³-hybridized carbons (Fsp3) is 0.0476. The van der Waals surface area contributed by atoms with Crippen molar-refractivity contribution in [3.63, 3.8) is 0 Å². The minimum Gasteiger partial charge on any atom is -0.453 e. The Balaban J connectivity index is 1.81. The van der Waals surface area contributed by atoms with Crippen LogP contribution >= 0.6 is 23.2 Å². The molecule has 8 nitrogen and oxygen atoms in total. The average Bonchev–Trinajstić information content (AvgIpc) is 3.12. The van der Waals surface area contributed by atoms with Crippen LogP contribution in [0.1, 0.15) is 0 Å². The van der Waals surface area contributed by atoms with Crippen LogP contribution in [-0.2, 0) is 9.53 Å². The van der Waals surface area contributed by atoms with E-state index in [-0.39, 0.29) is 16.0 Å². The molecule has 0 aromatic heterocycles. The number of nitrogens with one attached hydrogen (secondary N) is 2. The number of carbonyl (C=O) groups is 2. The van der Waals surface area contributed by atoms with Gasteiger partial charge in [-0.1, -0.05) is 35.3 Å². The second kappa shape index (κ2) is 7.26. The number of hydrogen-bond acceptors (Lipinski definition) is 5. The third-order valence-electron chi connectivity index (χ3n) is 4.97. The van der Waals surface area contributed by atoms with Gasteiger partial charge in [0.2, 0.25) is 11.7 Å². The van der Waals surface area contributed by atoms with Crippen molar-refractivity contribution in [1.82, 2.24) is 19.7 Å². The number of allylic oxidation sites excluding steroid dienone is 4. The van der Waals surface area contributed by atoms with Gasteiger partial charge in [0.15, 0.2) is 0 Å². The van der Waals surface area contributed by atoms with Gasteiger partial charge in [0.05, 0.1) is 40.1 Å². The highest BCUT2D eigenvalue weighted by Gasteiger charge is 2.20. The lowest BCUT2D eigenvalue weighted by molar-refractivity contribution is -0.111. The number of benzene rings is 1. The van der Waals surface area contributed by atoms with Crippen LogP contribution in [0.5, 0.6) is 0 Å². The summed E-state index contributed by atoms with van der Waals surface area (Å²) in [6.45, 7) is 0. The number of ether oxygens (including phenoxy) is 1. The lowest BCUT2D eigenvalue weighted by Crippen LogP contribution is -2.17. The Morgan fingerprint density at radius 1 is 1.10 bits per heavy atom. The standard InChI is InChI=1S/C21H13Cl2N5O3/c1-31-21(30)26-20-25-9-12-3-2-10-8-24-18-13(4-5-16(17(10)18)28(12)27-20)11-6-14(22)19(29)15(23)7-11/h2-9H,1H3,(H2,25,26,27,30). The molecular weight excluding hydrogens is 441 g/mol. The summed E-state index contributed by atoms with van der Waals surface area (Å²) < 4.78 is 6.42. The van der Waals surface area contributed by atoms with Gasteiger partial charge in [0.1, 0.15) is 0 Å². The highest BCUT2D eigenvalue weighted by molar-refractivity contribution is 6.56. The van der Waals surface area contributed by atoms with Crippen molar-refractivity contribution >= 4 is 57.6 Å². The van der Waals surface area contributed by atoms with Gasteiger partial charge in [-0.15, -0.1) is 0 Å². The van der Waals surface area contributed by atoms with Crippen LogP contribution in [0, 0.1) is 0 Å². The van der Waals surface area contributed by atoms with Gasteiger partial charge >= 0.3 is 6.09 Å². The van der Waals surface area contributed by atoms with Crippen LogP contribution in [0.15, 0.2) is 58.9 Å². The van der Waals surface area contributed by atoms with Crippen LogP contribution in [-0.4, -0.2) is 38.7 Å². The maximum absolute atomic E-state index is 11.9. The lowest BCUT2D eigenvalue weighted by Gasteiger charge is -2.13. The van der Waals surface area contributed by atoms with E-state index in [2.05, 4.69) is 25.1 Å². The number of rotatable bonds is 1. The largest absolute Gasteiger partial charge is 0.453 e. The molecule has 5 rings (SSSR count). The number of fused-ring (bicyclic) bond motifs is 2. The quantitative estimate of drug-likeness (QED) is 0.457. The maximum atomic E-state index is 11.9. The summed E-state index contributed by atoms with van der Waals surface area (Å²) in [5.41, 5.74) is 4.76. The maximum Gasteiger partial charge on any atom is 0.413 e. The van der Waals surface area contributed by atoms with Gasteiger partial charge in [-0.05, 0) is 29.9 Å². The molecule has 0 atom stereocenters. The monoisotopic (exact) mass is 453 g/mol. The van der Waals surface area contributed by atoms with E-state index in [1.54, 1.807) is 29.2 Å². The van der Waals surface area contributed by atoms with E-state index in [0.717, 1.165) is 33.1 Å². The zero-order chi connectivity index (χ0) is 21.7. The van der Waals surface area contributed by atoms with E-state index in [0.29, 0.717) is 5.57 Å². The smallest absolute Gasteiger partial charge is 0.413 e. The van der Waals surface area contributed by atoms with E-state index in [4.69, 9.17) is 23.2 Å². The lowest BCUT2D eigenvalue weighted by atomic mass is 10.0. The second-order valence-corrected chi connectivity index (χ2v) is 7.58. The number of anilines is 1. The van der Waals surface area contributed by atoms with Crippen molar-refractivity contribution < 1.29 is 14.3 Å². The zero-order valence-corrected chi connectivity index (χ0v) is 17.5. The molecule has 0 spiro atoms. The van der Waals surface area contributed by atoms with Crippen LogP contribution in [0.2, 0.25) is 0 Å². The first-order chi connectivity index (χ1) is 15.0. The molecule has 0 saturated carbocycles. The average molecular weight is 454 g/mol. The molecule has 31 heavy (non-hydrogen) atoms. The van der Waals surface area contributed by atoms with Gasteiger partial charge in [0.25, 0.3) is 0 Å². The molecule has 3 aliphatic heterocycles. The first-order valence-electron chi connectivity index (χ1n) is 9.09. The number of aromatic amines is 1. The van der Waals surface area contributed by atoms with Crippen molar-refractivity contribution in [1.29, 1.82) is 0 Å². The molecule has 154 valence electrons. The van der Waals surface area contributed by atoms with Crippen LogP contribution < -0.4 is 10.5 Å². The minimum atomic E-state index is -0.639. The molecule has 3 heterocycles. The number of halogens is 2.